The minimum atomic E-state index is -0.912. The predicted octanol–water partition coefficient (Wildman–Crippen LogP) is 31.0. The number of allylic oxidation sites excluding steroid dienone is 15. The number of hydrogen-bond acceptors (Lipinski definition) is 9. The van der Waals surface area contributed by atoms with E-state index in [2.05, 4.69) is 186 Å². The number of carbonyl (C=O) groups excluding carboxylic acids is 1. The molecule has 9 heteroatoms. The molecule has 686 valence electrons. The first-order chi connectivity index (χ1) is 57.4. The van der Waals surface area contributed by atoms with Gasteiger partial charge in [-0.15, -0.1) is 0 Å². The minimum Gasteiger partial charge on any atom is -0.391 e. The SMILES string of the molecule is CC=CC(NCCCN(CCCCC(CCCN)C(C)CCCCC)CCCNC(O)NCC(=O)CC(CCCCCCCCC=CCC=CCCCCC)CCCCCCCCC=CCCCCCCCC)NCC(O)C(C)(CCCCCCCCC=CCC=CCCCCC)C(C)CCCCCCCCC=CCC=CCCCCC. The summed E-state index contributed by atoms with van der Waals surface area (Å²) >= 11 is 0. The van der Waals surface area contributed by atoms with Crippen LogP contribution >= 0.6 is 0 Å². The number of carbonyl (C=O) groups is 1. The molecule has 0 aliphatic heterocycles. The summed E-state index contributed by atoms with van der Waals surface area (Å²) in [5.41, 5.74) is 5.94. The highest BCUT2D eigenvalue weighted by molar-refractivity contribution is 5.80. The Morgan fingerprint density at radius 3 is 1.15 bits per heavy atom. The molecule has 0 radical (unpaired) electrons. The van der Waals surface area contributed by atoms with Crippen molar-refractivity contribution >= 4 is 5.78 Å². The second kappa shape index (κ2) is 92.5. The van der Waals surface area contributed by atoms with Crippen molar-refractivity contribution in [2.24, 2.45) is 34.8 Å². The first-order valence-corrected chi connectivity index (χ1v) is 51.9. The van der Waals surface area contributed by atoms with Crippen molar-refractivity contribution in [1.82, 2.24) is 26.2 Å². The summed E-state index contributed by atoms with van der Waals surface area (Å²) in [6.45, 7) is 27.1. The van der Waals surface area contributed by atoms with E-state index in [4.69, 9.17) is 5.73 Å². The molecule has 0 saturated heterocycles. The quantitative estimate of drug-likeness (QED) is 0.0181. The largest absolute Gasteiger partial charge is 0.391 e. The number of rotatable bonds is 95. The highest BCUT2D eigenvalue weighted by Crippen LogP contribution is 2.40. The van der Waals surface area contributed by atoms with Gasteiger partial charge in [0.05, 0.1) is 18.8 Å². The first-order valence-electron chi connectivity index (χ1n) is 51.9. The van der Waals surface area contributed by atoms with E-state index in [0.29, 0.717) is 31.3 Å². The van der Waals surface area contributed by atoms with Gasteiger partial charge in [0.2, 0.25) is 0 Å². The van der Waals surface area contributed by atoms with Crippen molar-refractivity contribution in [3.63, 3.8) is 0 Å². The zero-order valence-electron chi connectivity index (χ0n) is 79.9. The Kier molecular flexibility index (Phi) is 90.3. The Morgan fingerprint density at radius 1 is 0.376 bits per heavy atom. The van der Waals surface area contributed by atoms with E-state index in [-0.39, 0.29) is 23.9 Å². The van der Waals surface area contributed by atoms with Gasteiger partial charge in [-0.3, -0.25) is 26.1 Å². The van der Waals surface area contributed by atoms with E-state index in [9.17, 15) is 15.0 Å². The first kappa shape index (κ1) is 114. The number of aliphatic hydroxyl groups excluding tert-OH is 2. The van der Waals surface area contributed by atoms with Gasteiger partial charge in [-0.2, -0.15) is 0 Å². The fourth-order valence-corrected chi connectivity index (χ4v) is 17.2. The highest BCUT2D eigenvalue weighted by Gasteiger charge is 2.37. The van der Waals surface area contributed by atoms with Gasteiger partial charge >= 0.3 is 0 Å². The van der Waals surface area contributed by atoms with E-state index < -0.39 is 12.5 Å². The van der Waals surface area contributed by atoms with Crippen molar-refractivity contribution in [1.29, 1.82) is 0 Å². The monoisotopic (exact) mass is 1640 g/mol. The fraction of sp³-hybridized carbons (Fsp3) is 0.843. The Bertz CT molecular complexity index is 2260. The molecule has 0 fully saturated rings. The van der Waals surface area contributed by atoms with Crippen LogP contribution in [0.2, 0.25) is 0 Å². The van der Waals surface area contributed by atoms with Crippen molar-refractivity contribution in [3.05, 3.63) is 97.2 Å². The third-order valence-electron chi connectivity index (χ3n) is 25.7. The maximum Gasteiger partial charge on any atom is 0.160 e. The molecule has 0 aromatic carbocycles. The molecule has 8 unspecified atom stereocenters. The van der Waals surface area contributed by atoms with Crippen LogP contribution in [0, 0.1) is 29.1 Å². The van der Waals surface area contributed by atoms with Crippen LogP contribution in [0.4, 0.5) is 0 Å². The molecule has 9 nitrogen and oxygen atoms in total. The van der Waals surface area contributed by atoms with E-state index in [1.807, 2.05) is 0 Å². The van der Waals surface area contributed by atoms with Gasteiger partial charge in [0.25, 0.3) is 0 Å². The number of hydrogen-bond donors (Lipinski definition) is 7. The lowest BCUT2D eigenvalue weighted by molar-refractivity contribution is -0.120. The van der Waals surface area contributed by atoms with E-state index in [0.717, 1.165) is 102 Å². The Balaban J connectivity index is 5.85. The van der Waals surface area contributed by atoms with Crippen LogP contribution in [0.15, 0.2) is 97.2 Å². The Morgan fingerprint density at radius 2 is 0.718 bits per heavy atom. The molecular formula is C108H206N6O3. The van der Waals surface area contributed by atoms with Crippen LogP contribution in [0.5, 0.6) is 0 Å². The van der Waals surface area contributed by atoms with Gasteiger partial charge in [-0.05, 0) is 236 Å². The number of unbranched alkanes of at least 4 members (excludes halogenated alkanes) is 42. The molecule has 117 heavy (non-hydrogen) atoms. The van der Waals surface area contributed by atoms with E-state index in [1.165, 1.54) is 360 Å². The second-order valence-corrected chi connectivity index (χ2v) is 36.7. The normalized spacial score (nSPS) is 14.9. The third kappa shape index (κ3) is 79.0. The summed E-state index contributed by atoms with van der Waals surface area (Å²) in [6.07, 6.45) is 118. The zero-order chi connectivity index (χ0) is 85.2. The maximum absolute atomic E-state index is 13.7. The van der Waals surface area contributed by atoms with Gasteiger partial charge in [0.15, 0.2) is 6.35 Å². The summed E-state index contributed by atoms with van der Waals surface area (Å²) < 4.78 is 0. The number of aliphatic hydroxyl groups is 2. The lowest BCUT2D eigenvalue weighted by Gasteiger charge is -2.41. The van der Waals surface area contributed by atoms with Gasteiger partial charge in [-0.25, -0.2) is 0 Å². The molecule has 0 rings (SSSR count). The zero-order valence-corrected chi connectivity index (χ0v) is 79.9. The third-order valence-corrected chi connectivity index (χ3v) is 25.7. The average Bonchev–Trinajstić information content (AvgIpc) is 0.826. The smallest absolute Gasteiger partial charge is 0.160 e. The topological polar surface area (TPSA) is 135 Å². The molecule has 0 aromatic heterocycles. The van der Waals surface area contributed by atoms with Crippen LogP contribution in [-0.2, 0) is 4.79 Å². The standard InChI is InChI=1S/C108H206N6O3/c1-10-16-21-25-29-33-37-41-45-49-53-57-61-65-69-74-85-101(8)108(9,90-78-72-68-64-60-56-52-48-44-40-36-32-28-24-19-13-4)105(116)99-112-106(83-15-6)110-92-81-95-114(94-79-77-88-103(89-80-91-109)100(7)84-73-20-14-5)96-82-93-111-107(117)113-98-104(115)97-102(86-75-70-66-62-58-54-50-46-42-38-34-30-26-22-17-11-2)87-76-71-67-63-59-55-51-47-43-39-35-31-27-23-18-12-3/h15,29-30,32-34,36,41-48,83,100-103,105-107,110-113,116-117H,10-14,16-28,31,35,37-40,49-82,84-99,109H2,1-9H3. The molecule has 0 aliphatic rings. The predicted molar refractivity (Wildman–Crippen MR) is 524 cm³/mol. The molecule has 0 heterocycles. The second-order valence-electron chi connectivity index (χ2n) is 36.7. The van der Waals surface area contributed by atoms with Crippen LogP contribution < -0.4 is 27.0 Å². The van der Waals surface area contributed by atoms with Crippen molar-refractivity contribution in [2.75, 3.05) is 52.4 Å². The summed E-state index contributed by atoms with van der Waals surface area (Å²) in [5.74, 6) is 2.58. The van der Waals surface area contributed by atoms with Crippen molar-refractivity contribution in [3.8, 4) is 0 Å². The molecule has 0 bridgehead atoms. The average molecular weight is 1640 g/mol. The lowest BCUT2D eigenvalue weighted by Crippen LogP contribution is -2.50. The number of nitrogens with one attached hydrogen (secondary N) is 4. The number of nitrogens with zero attached hydrogens (tertiary/aromatic N) is 1. The van der Waals surface area contributed by atoms with Crippen LogP contribution in [0.3, 0.4) is 0 Å². The van der Waals surface area contributed by atoms with Crippen LogP contribution in [0.1, 0.15) is 486 Å². The Labute approximate surface area is 731 Å². The van der Waals surface area contributed by atoms with Crippen molar-refractivity contribution < 1.29 is 15.0 Å². The molecular weight excluding hydrogens is 1430 g/mol. The molecule has 0 saturated carbocycles. The highest BCUT2D eigenvalue weighted by atomic mass is 16.3. The Hall–Kier alpha value is -2.73. The molecule has 0 amide bonds. The van der Waals surface area contributed by atoms with Gasteiger partial charge in [0, 0.05) is 13.0 Å². The van der Waals surface area contributed by atoms with Crippen molar-refractivity contribution in [2.45, 2.75) is 505 Å². The van der Waals surface area contributed by atoms with Gasteiger partial charge in [-0.1, -0.05) is 409 Å². The number of Topliss-reactive ketones (excluding diaryl/α,β-unsaturated/α-hetero) is 1. The molecule has 0 aliphatic carbocycles. The van der Waals surface area contributed by atoms with Gasteiger partial charge in [0.1, 0.15) is 5.78 Å². The summed E-state index contributed by atoms with van der Waals surface area (Å²) in [5, 5.41) is 37.9. The van der Waals surface area contributed by atoms with E-state index in [1.54, 1.807) is 0 Å². The molecule has 8 atom stereocenters. The summed E-state index contributed by atoms with van der Waals surface area (Å²) in [6, 6.07) is 0. The minimum absolute atomic E-state index is 0.0180. The fourth-order valence-electron chi connectivity index (χ4n) is 17.2. The molecule has 0 spiro atoms. The number of nitrogens with two attached hydrogens (primary N) is 1. The van der Waals surface area contributed by atoms with Crippen LogP contribution in [-0.4, -0.2) is 91.9 Å². The lowest BCUT2D eigenvalue weighted by atomic mass is 9.68. The summed E-state index contributed by atoms with van der Waals surface area (Å²) in [4.78, 5) is 16.4. The number of ketones is 1. The summed E-state index contributed by atoms with van der Waals surface area (Å²) in [7, 11) is 0. The molecule has 8 N–H and O–H groups in total. The van der Waals surface area contributed by atoms with Crippen LogP contribution in [0.25, 0.3) is 0 Å². The van der Waals surface area contributed by atoms with E-state index >= 15 is 0 Å². The van der Waals surface area contributed by atoms with Gasteiger partial charge < -0.3 is 20.8 Å². The maximum atomic E-state index is 13.7. The molecule has 0 aromatic rings.